The summed E-state index contributed by atoms with van der Waals surface area (Å²) in [5, 5.41) is 6.21. The first kappa shape index (κ1) is 12.9. The van der Waals surface area contributed by atoms with E-state index in [4.69, 9.17) is 0 Å². The third-order valence-corrected chi connectivity index (χ3v) is 4.17. The van der Waals surface area contributed by atoms with Crippen LogP contribution in [-0.2, 0) is 0 Å². The Morgan fingerprint density at radius 1 is 1.39 bits per heavy atom. The molecular formula is C15H22N2O. The van der Waals surface area contributed by atoms with Crippen LogP contribution in [0.3, 0.4) is 0 Å². The summed E-state index contributed by atoms with van der Waals surface area (Å²) in [5.74, 6) is -0.0353. The SMILES string of the molecule is CNC(=O)c1ccc(NC(C)C2(C)CC2)c(C)c1. The maximum Gasteiger partial charge on any atom is 0.251 e. The van der Waals surface area contributed by atoms with Gasteiger partial charge in [0.25, 0.3) is 5.91 Å². The molecule has 1 aromatic carbocycles. The van der Waals surface area contributed by atoms with Crippen molar-refractivity contribution in [2.24, 2.45) is 5.41 Å². The number of hydrogen-bond donors (Lipinski definition) is 2. The number of carbonyl (C=O) groups excluding carboxylic acids is 1. The molecule has 2 rings (SSSR count). The Kier molecular flexibility index (Phi) is 3.33. The Labute approximate surface area is 109 Å². The van der Waals surface area contributed by atoms with Gasteiger partial charge in [-0.2, -0.15) is 0 Å². The molecule has 0 heterocycles. The fourth-order valence-corrected chi connectivity index (χ4v) is 2.15. The van der Waals surface area contributed by atoms with Crippen LogP contribution in [0, 0.1) is 12.3 Å². The van der Waals surface area contributed by atoms with E-state index in [-0.39, 0.29) is 5.91 Å². The minimum absolute atomic E-state index is 0.0353. The molecule has 1 aliphatic rings. The van der Waals surface area contributed by atoms with Crippen molar-refractivity contribution in [3.63, 3.8) is 0 Å². The number of anilines is 1. The fraction of sp³-hybridized carbons (Fsp3) is 0.533. The Balaban J connectivity index is 2.12. The third-order valence-electron chi connectivity index (χ3n) is 4.17. The molecule has 1 amide bonds. The molecule has 1 saturated carbocycles. The number of amides is 1. The molecule has 3 nitrogen and oxygen atoms in total. The van der Waals surface area contributed by atoms with Crippen LogP contribution in [0.2, 0.25) is 0 Å². The minimum Gasteiger partial charge on any atom is -0.382 e. The second-order valence-electron chi connectivity index (χ2n) is 5.63. The molecule has 3 heteroatoms. The summed E-state index contributed by atoms with van der Waals surface area (Å²) in [6.45, 7) is 6.59. The van der Waals surface area contributed by atoms with Crippen molar-refractivity contribution < 1.29 is 4.79 Å². The molecule has 1 unspecified atom stereocenters. The van der Waals surface area contributed by atoms with E-state index in [0.717, 1.165) is 11.3 Å². The molecule has 0 spiro atoms. The molecular weight excluding hydrogens is 224 g/mol. The lowest BCUT2D eigenvalue weighted by Gasteiger charge is -2.23. The summed E-state index contributed by atoms with van der Waals surface area (Å²) < 4.78 is 0. The molecule has 1 atom stereocenters. The quantitative estimate of drug-likeness (QED) is 0.857. The van der Waals surface area contributed by atoms with Gasteiger partial charge in [0, 0.05) is 24.3 Å². The summed E-state index contributed by atoms with van der Waals surface area (Å²) in [4.78, 5) is 11.5. The summed E-state index contributed by atoms with van der Waals surface area (Å²) in [5.41, 5.74) is 3.41. The first-order valence-electron chi connectivity index (χ1n) is 6.55. The zero-order valence-corrected chi connectivity index (χ0v) is 11.6. The topological polar surface area (TPSA) is 41.1 Å². The van der Waals surface area contributed by atoms with Gasteiger partial charge in [0.15, 0.2) is 0 Å². The summed E-state index contributed by atoms with van der Waals surface area (Å²) in [6, 6.07) is 6.28. The van der Waals surface area contributed by atoms with Crippen LogP contribution in [0.15, 0.2) is 18.2 Å². The van der Waals surface area contributed by atoms with Gasteiger partial charge in [0.05, 0.1) is 0 Å². The predicted octanol–water partition coefficient (Wildman–Crippen LogP) is 2.96. The molecule has 98 valence electrons. The molecule has 1 aliphatic carbocycles. The molecule has 18 heavy (non-hydrogen) atoms. The van der Waals surface area contributed by atoms with Gasteiger partial charge >= 0.3 is 0 Å². The van der Waals surface area contributed by atoms with Crippen LogP contribution in [0.1, 0.15) is 42.6 Å². The molecule has 0 aromatic heterocycles. The van der Waals surface area contributed by atoms with Gasteiger partial charge in [-0.1, -0.05) is 6.92 Å². The monoisotopic (exact) mass is 246 g/mol. The van der Waals surface area contributed by atoms with Gasteiger partial charge in [-0.3, -0.25) is 4.79 Å². The second-order valence-corrected chi connectivity index (χ2v) is 5.63. The van der Waals surface area contributed by atoms with E-state index in [1.165, 1.54) is 12.8 Å². The van der Waals surface area contributed by atoms with E-state index in [2.05, 4.69) is 24.5 Å². The van der Waals surface area contributed by atoms with Crippen LogP contribution < -0.4 is 10.6 Å². The van der Waals surface area contributed by atoms with Crippen LogP contribution in [-0.4, -0.2) is 19.0 Å². The Morgan fingerprint density at radius 3 is 2.56 bits per heavy atom. The summed E-state index contributed by atoms with van der Waals surface area (Å²) in [7, 11) is 1.65. The van der Waals surface area contributed by atoms with Crippen LogP contribution in [0.4, 0.5) is 5.69 Å². The zero-order valence-electron chi connectivity index (χ0n) is 11.6. The molecule has 1 aromatic rings. The molecule has 1 fully saturated rings. The number of aryl methyl sites for hydroxylation is 1. The van der Waals surface area contributed by atoms with Crippen molar-refractivity contribution in [1.29, 1.82) is 0 Å². The Morgan fingerprint density at radius 2 is 2.06 bits per heavy atom. The zero-order chi connectivity index (χ0) is 13.3. The van der Waals surface area contributed by atoms with Gasteiger partial charge in [-0.15, -0.1) is 0 Å². The number of benzene rings is 1. The van der Waals surface area contributed by atoms with E-state index in [1.54, 1.807) is 7.05 Å². The van der Waals surface area contributed by atoms with Gasteiger partial charge < -0.3 is 10.6 Å². The second kappa shape index (κ2) is 4.63. The fourth-order valence-electron chi connectivity index (χ4n) is 2.15. The van der Waals surface area contributed by atoms with Crippen molar-refractivity contribution in [1.82, 2.24) is 5.32 Å². The smallest absolute Gasteiger partial charge is 0.251 e. The average molecular weight is 246 g/mol. The van der Waals surface area contributed by atoms with E-state index >= 15 is 0 Å². The van der Waals surface area contributed by atoms with E-state index in [9.17, 15) is 4.79 Å². The highest BCUT2D eigenvalue weighted by atomic mass is 16.1. The highest BCUT2D eigenvalue weighted by molar-refractivity contribution is 5.94. The maximum atomic E-state index is 11.5. The molecule has 0 saturated heterocycles. The minimum atomic E-state index is -0.0353. The van der Waals surface area contributed by atoms with Crippen LogP contribution >= 0.6 is 0 Å². The van der Waals surface area contributed by atoms with E-state index < -0.39 is 0 Å². The third kappa shape index (κ3) is 2.50. The predicted molar refractivity (Wildman–Crippen MR) is 75.0 cm³/mol. The van der Waals surface area contributed by atoms with Gasteiger partial charge in [-0.05, 0) is 55.9 Å². The van der Waals surface area contributed by atoms with Crippen LogP contribution in [0.5, 0.6) is 0 Å². The van der Waals surface area contributed by atoms with Crippen molar-refractivity contribution in [3.8, 4) is 0 Å². The highest BCUT2D eigenvalue weighted by Gasteiger charge is 2.42. The first-order chi connectivity index (χ1) is 8.46. The number of carbonyl (C=O) groups is 1. The Bertz CT molecular complexity index is 464. The van der Waals surface area contributed by atoms with Gasteiger partial charge in [0.2, 0.25) is 0 Å². The largest absolute Gasteiger partial charge is 0.382 e. The normalized spacial score (nSPS) is 18.0. The number of hydrogen-bond acceptors (Lipinski definition) is 2. The van der Waals surface area contributed by atoms with Crippen LogP contribution in [0.25, 0.3) is 0 Å². The summed E-state index contributed by atoms with van der Waals surface area (Å²) in [6.07, 6.45) is 2.60. The van der Waals surface area contributed by atoms with Crippen molar-refractivity contribution in [2.75, 3.05) is 12.4 Å². The summed E-state index contributed by atoms with van der Waals surface area (Å²) >= 11 is 0. The van der Waals surface area contributed by atoms with E-state index in [0.29, 0.717) is 17.0 Å². The van der Waals surface area contributed by atoms with Crippen molar-refractivity contribution in [2.45, 2.75) is 39.7 Å². The number of rotatable bonds is 4. The number of nitrogens with one attached hydrogen (secondary N) is 2. The lowest BCUT2D eigenvalue weighted by atomic mass is 9.99. The Hall–Kier alpha value is -1.51. The van der Waals surface area contributed by atoms with Gasteiger partial charge in [0.1, 0.15) is 0 Å². The maximum absolute atomic E-state index is 11.5. The highest BCUT2D eigenvalue weighted by Crippen LogP contribution is 2.48. The first-order valence-corrected chi connectivity index (χ1v) is 6.55. The van der Waals surface area contributed by atoms with Crippen molar-refractivity contribution >= 4 is 11.6 Å². The molecule has 2 N–H and O–H groups in total. The molecule has 0 aliphatic heterocycles. The van der Waals surface area contributed by atoms with Crippen molar-refractivity contribution in [3.05, 3.63) is 29.3 Å². The average Bonchev–Trinajstić information content (AvgIpc) is 3.10. The molecule has 0 bridgehead atoms. The molecule has 0 radical (unpaired) electrons. The van der Waals surface area contributed by atoms with Gasteiger partial charge in [-0.25, -0.2) is 0 Å². The lowest BCUT2D eigenvalue weighted by molar-refractivity contribution is 0.0963. The van der Waals surface area contributed by atoms with E-state index in [1.807, 2.05) is 25.1 Å². The standard InChI is InChI=1S/C15H22N2O/c1-10-9-12(14(18)16-4)5-6-13(10)17-11(2)15(3)7-8-15/h5-6,9,11,17H,7-8H2,1-4H3,(H,16,18). The lowest BCUT2D eigenvalue weighted by Crippen LogP contribution is -2.25.